The summed E-state index contributed by atoms with van der Waals surface area (Å²) in [5.74, 6) is -3.68. The van der Waals surface area contributed by atoms with Crippen LogP contribution in [-0.4, -0.2) is 118 Å². The van der Waals surface area contributed by atoms with Crippen molar-refractivity contribution in [3.05, 3.63) is 94.6 Å². The molecule has 0 aromatic heterocycles. The lowest BCUT2D eigenvalue weighted by Gasteiger charge is -2.34. The summed E-state index contributed by atoms with van der Waals surface area (Å²) in [5, 5.41) is 3.12. The monoisotopic (exact) mass is 958 g/mol. The summed E-state index contributed by atoms with van der Waals surface area (Å²) in [6.07, 6.45) is 8.01. The van der Waals surface area contributed by atoms with Gasteiger partial charge in [-0.3, -0.25) is 27.8 Å². The van der Waals surface area contributed by atoms with E-state index < -0.39 is 87.0 Å². The van der Waals surface area contributed by atoms with Gasteiger partial charge in [-0.05, 0) is 81.5 Å². The first-order valence-corrected chi connectivity index (χ1v) is 26.2. The van der Waals surface area contributed by atoms with E-state index in [1.54, 1.807) is 55.7 Å². The van der Waals surface area contributed by atoms with Crippen LogP contribution in [0.2, 0.25) is 0 Å². The number of hydrogen-bond donors (Lipinski definition) is 5. The number of esters is 1. The van der Waals surface area contributed by atoms with E-state index in [9.17, 15) is 61.5 Å². The van der Waals surface area contributed by atoms with E-state index in [4.69, 9.17) is 4.74 Å². The van der Waals surface area contributed by atoms with Crippen molar-refractivity contribution in [3.63, 3.8) is 0 Å². The zero-order valence-electron chi connectivity index (χ0n) is 33.9. The Balaban J connectivity index is 1.64. The second kappa shape index (κ2) is 18.9. The molecule has 2 aromatic rings. The van der Waals surface area contributed by atoms with Gasteiger partial charge in [0.1, 0.15) is 6.54 Å². The molecule has 2 heterocycles. The van der Waals surface area contributed by atoms with E-state index in [-0.39, 0.29) is 50.3 Å². The molecule has 2 aliphatic heterocycles. The maximum atomic E-state index is 14.1. The highest BCUT2D eigenvalue weighted by atomic mass is 32.2. The summed E-state index contributed by atoms with van der Waals surface area (Å²) in [6, 6.07) is 11.4. The molecule has 1 unspecified atom stereocenters. The topological polar surface area (TPSA) is 279 Å². The number of allylic oxidation sites excluding steroid dienone is 7. The lowest BCUT2D eigenvalue weighted by molar-refractivity contribution is -0.437. The van der Waals surface area contributed by atoms with Crippen LogP contribution in [0.4, 0.5) is 11.4 Å². The number of rotatable bonds is 18. The van der Waals surface area contributed by atoms with Crippen LogP contribution in [0.3, 0.4) is 0 Å². The number of benzene rings is 2. The van der Waals surface area contributed by atoms with Gasteiger partial charge >= 0.3 is 5.97 Å². The van der Waals surface area contributed by atoms with Crippen molar-refractivity contribution in [2.24, 2.45) is 5.41 Å². The second-order valence-electron chi connectivity index (χ2n) is 15.3. The largest absolute Gasteiger partial charge is 0.465 e. The molecule has 338 valence electrons. The maximum Gasteiger partial charge on any atom is 0.322 e. The van der Waals surface area contributed by atoms with Crippen LogP contribution in [0.15, 0.2) is 98.8 Å². The number of ether oxygens (including phenoxy) is 1. The minimum Gasteiger partial charge on any atom is -0.465 e. The Morgan fingerprint density at radius 3 is 2.18 bits per heavy atom. The van der Waals surface area contributed by atoms with Crippen LogP contribution in [0.25, 0.3) is 0 Å². The number of anilines is 1. The minimum absolute atomic E-state index is 0.0413. The SMILES string of the molecule is CCOC(=O)C1(C(=O)NCCS(=O)(=O)O)CC(/C=C/C2=[N+](CCCS(=O)(=O)O)c3ccc(S(=O)(=O)O)cc3C2(C)C)=CC(=C/C=C2\Sc3ccccc3N2CCCS(=O)(=O)O)/C1. The standard InChI is InChI=1S/C39H47N3O15S5/c1-4-57-37(44)39(36(43)40-17-22-61(51,52)53)25-27(23-28(26-39)12-16-35-42(19-8-21-60(48,49)50)32-9-5-6-10-33(32)58-35)11-15-34-38(2,3)30-24-29(62(54,55)56)13-14-31(30)41(34)18-7-20-59(45,46)47/h5-6,9-16,23-24H,4,7-8,17-22,25-26H2,1-3H3,(H4-,40,43,45,46,47,48,49,50,51,52,53,54,55,56)/p+1. The number of amides is 1. The van der Waals surface area contributed by atoms with E-state index in [0.29, 0.717) is 33.1 Å². The normalized spacial score (nSPS) is 20.4. The molecule has 3 aliphatic rings. The van der Waals surface area contributed by atoms with Crippen LogP contribution >= 0.6 is 11.8 Å². The third-order valence-electron chi connectivity index (χ3n) is 10.4. The van der Waals surface area contributed by atoms with Crippen molar-refractivity contribution >= 4 is 81.2 Å². The zero-order chi connectivity index (χ0) is 45.9. The molecule has 0 saturated heterocycles. The van der Waals surface area contributed by atoms with Crippen LogP contribution in [0.1, 0.15) is 52.0 Å². The number of carbonyl (C=O) groups excluding carboxylic acids is 2. The minimum atomic E-state index is -4.62. The molecule has 62 heavy (non-hydrogen) atoms. The molecule has 0 saturated carbocycles. The molecule has 0 bridgehead atoms. The predicted octanol–water partition coefficient (Wildman–Crippen LogP) is 4.08. The molecule has 1 aliphatic carbocycles. The first-order chi connectivity index (χ1) is 28.7. The van der Waals surface area contributed by atoms with Crippen molar-refractivity contribution in [1.29, 1.82) is 0 Å². The summed E-state index contributed by atoms with van der Waals surface area (Å²) < 4.78 is 139. The van der Waals surface area contributed by atoms with Crippen LogP contribution in [-0.2, 0) is 60.2 Å². The van der Waals surface area contributed by atoms with Crippen molar-refractivity contribution in [3.8, 4) is 0 Å². The number of nitrogens with one attached hydrogen (secondary N) is 1. The fourth-order valence-electron chi connectivity index (χ4n) is 7.58. The van der Waals surface area contributed by atoms with Gasteiger partial charge < -0.3 is 15.0 Å². The van der Waals surface area contributed by atoms with Gasteiger partial charge in [-0.2, -0.15) is 38.2 Å². The molecule has 23 heteroatoms. The van der Waals surface area contributed by atoms with Crippen LogP contribution < -0.4 is 10.2 Å². The molecule has 2 aromatic carbocycles. The predicted molar refractivity (Wildman–Crippen MR) is 232 cm³/mol. The molecule has 0 radical (unpaired) electrons. The quantitative estimate of drug-likeness (QED) is 0.0609. The van der Waals surface area contributed by atoms with Crippen molar-refractivity contribution in [1.82, 2.24) is 5.32 Å². The molecular weight excluding hydrogens is 911 g/mol. The lowest BCUT2D eigenvalue weighted by atomic mass is 9.71. The molecule has 0 fully saturated rings. The van der Waals surface area contributed by atoms with Crippen molar-refractivity contribution < 1.29 is 70.8 Å². The number of para-hydroxylation sites is 1. The smallest absolute Gasteiger partial charge is 0.322 e. The highest BCUT2D eigenvalue weighted by Gasteiger charge is 2.50. The van der Waals surface area contributed by atoms with Gasteiger partial charge in [0.2, 0.25) is 11.6 Å². The summed E-state index contributed by atoms with van der Waals surface area (Å²) in [7, 11) is -17.7. The molecular formula is C39H48N3O15S5+. The molecule has 1 amide bonds. The Labute approximate surface area is 365 Å². The highest BCUT2D eigenvalue weighted by molar-refractivity contribution is 8.03. The molecule has 18 nitrogen and oxygen atoms in total. The Kier molecular flexibility index (Phi) is 14.9. The van der Waals surface area contributed by atoms with E-state index in [1.807, 2.05) is 29.2 Å². The van der Waals surface area contributed by atoms with Gasteiger partial charge in [-0.25, -0.2) is 0 Å². The third kappa shape index (κ3) is 12.1. The second-order valence-corrected chi connectivity index (χ2v) is 22.5. The number of thioether (sulfide) groups is 1. The summed E-state index contributed by atoms with van der Waals surface area (Å²) in [5.41, 5.74) is 0.182. The first kappa shape index (κ1) is 48.8. The Bertz CT molecular complexity index is 2740. The third-order valence-corrected chi connectivity index (χ3v) is 14.7. The number of carbonyl (C=O) groups is 2. The Morgan fingerprint density at radius 2 is 1.53 bits per heavy atom. The molecule has 1 atom stereocenters. The van der Waals surface area contributed by atoms with E-state index in [0.717, 1.165) is 10.6 Å². The molecule has 5 N–H and O–H groups in total. The van der Waals surface area contributed by atoms with Gasteiger partial charge in [-0.15, -0.1) is 0 Å². The van der Waals surface area contributed by atoms with E-state index >= 15 is 0 Å². The molecule has 5 rings (SSSR count). The van der Waals surface area contributed by atoms with Gasteiger partial charge in [-0.1, -0.05) is 42.1 Å². The van der Waals surface area contributed by atoms with E-state index in [2.05, 4.69) is 5.32 Å². The van der Waals surface area contributed by atoms with E-state index in [1.165, 1.54) is 30.0 Å². The fraction of sp³-hybridized carbons (Fsp3) is 0.410. The zero-order valence-corrected chi connectivity index (χ0v) is 38.0. The summed E-state index contributed by atoms with van der Waals surface area (Å²) in [6.45, 7) is 4.72. The Morgan fingerprint density at radius 1 is 0.871 bits per heavy atom. The van der Waals surface area contributed by atoms with Crippen LogP contribution in [0.5, 0.6) is 0 Å². The van der Waals surface area contributed by atoms with Gasteiger partial charge in [0.05, 0.1) is 44.9 Å². The number of hydrogen-bond acceptors (Lipinski definition) is 13. The fourth-order valence-corrected chi connectivity index (χ4v) is 10.5. The van der Waals surface area contributed by atoms with Gasteiger partial charge in [0, 0.05) is 42.1 Å². The average molecular weight is 959 g/mol. The average Bonchev–Trinajstić information content (AvgIpc) is 3.61. The summed E-state index contributed by atoms with van der Waals surface area (Å²) >= 11 is 1.39. The molecule has 0 spiro atoms. The van der Waals surface area contributed by atoms with Crippen LogP contribution in [0, 0.1) is 5.41 Å². The first-order valence-electron chi connectivity index (χ1n) is 19.2. The van der Waals surface area contributed by atoms with Gasteiger partial charge in [0.25, 0.3) is 40.5 Å². The van der Waals surface area contributed by atoms with Crippen molar-refractivity contribution in [2.45, 2.75) is 61.7 Å². The number of nitrogens with zero attached hydrogens (tertiary/aromatic N) is 2. The maximum absolute atomic E-state index is 14.1. The van der Waals surface area contributed by atoms with Gasteiger partial charge in [0.15, 0.2) is 11.1 Å². The highest BCUT2D eigenvalue weighted by Crippen LogP contribution is 2.47. The number of fused-ring (bicyclic) bond motifs is 2. The lowest BCUT2D eigenvalue weighted by Crippen LogP contribution is -2.49. The van der Waals surface area contributed by atoms with Crippen molar-refractivity contribution in [2.75, 3.05) is 48.4 Å². The Hall–Kier alpha value is -4.20. The summed E-state index contributed by atoms with van der Waals surface area (Å²) in [4.78, 5) is 30.5.